The van der Waals surface area contributed by atoms with Crippen molar-refractivity contribution in [1.82, 2.24) is 15.2 Å². The van der Waals surface area contributed by atoms with Crippen LogP contribution in [0.15, 0.2) is 48.7 Å². The maximum atomic E-state index is 4.46. The standard InChI is InChI=1S/C18H19N5/c1-12-5-8-15(9-6-12)20-17-11-19-23-18(22-17)21-16-10-13(2)4-7-14(16)3/h4-11H,1-3H3,(H2,20,21,22,23). The fourth-order valence-electron chi connectivity index (χ4n) is 2.19. The van der Waals surface area contributed by atoms with E-state index in [-0.39, 0.29) is 0 Å². The summed E-state index contributed by atoms with van der Waals surface area (Å²) in [6, 6.07) is 14.3. The monoisotopic (exact) mass is 305 g/mol. The Morgan fingerprint density at radius 2 is 1.57 bits per heavy atom. The molecular formula is C18H19N5. The molecule has 1 aromatic heterocycles. The maximum absolute atomic E-state index is 4.46. The summed E-state index contributed by atoms with van der Waals surface area (Å²) >= 11 is 0. The SMILES string of the molecule is Cc1ccc(Nc2cnnc(Nc3cc(C)ccc3C)n2)cc1. The molecule has 3 rings (SSSR count). The second-order valence-corrected chi connectivity index (χ2v) is 5.60. The summed E-state index contributed by atoms with van der Waals surface area (Å²) in [5, 5.41) is 14.5. The van der Waals surface area contributed by atoms with Crippen molar-refractivity contribution in [2.24, 2.45) is 0 Å². The Balaban J connectivity index is 1.79. The molecule has 0 saturated carbocycles. The van der Waals surface area contributed by atoms with Crippen LogP contribution < -0.4 is 10.6 Å². The summed E-state index contributed by atoms with van der Waals surface area (Å²) in [5.74, 6) is 1.12. The van der Waals surface area contributed by atoms with E-state index in [1.165, 1.54) is 11.1 Å². The first-order chi connectivity index (χ1) is 11.1. The lowest BCUT2D eigenvalue weighted by Crippen LogP contribution is -2.03. The minimum atomic E-state index is 0.468. The second-order valence-electron chi connectivity index (χ2n) is 5.60. The number of hydrogen-bond donors (Lipinski definition) is 2. The quantitative estimate of drug-likeness (QED) is 0.753. The van der Waals surface area contributed by atoms with Gasteiger partial charge in [0.1, 0.15) is 0 Å². The molecule has 0 saturated heterocycles. The summed E-state index contributed by atoms with van der Waals surface area (Å²) in [5.41, 5.74) is 5.48. The molecule has 23 heavy (non-hydrogen) atoms. The summed E-state index contributed by atoms with van der Waals surface area (Å²) in [4.78, 5) is 4.46. The Bertz CT molecular complexity index is 812. The highest BCUT2D eigenvalue weighted by molar-refractivity contribution is 5.61. The number of nitrogens with one attached hydrogen (secondary N) is 2. The zero-order valence-corrected chi connectivity index (χ0v) is 13.5. The van der Waals surface area contributed by atoms with Gasteiger partial charge in [-0.25, -0.2) is 0 Å². The smallest absolute Gasteiger partial charge is 0.249 e. The summed E-state index contributed by atoms with van der Waals surface area (Å²) < 4.78 is 0. The molecule has 0 aliphatic heterocycles. The molecule has 0 spiro atoms. The molecule has 5 nitrogen and oxygen atoms in total. The third-order valence-electron chi connectivity index (χ3n) is 3.52. The van der Waals surface area contributed by atoms with Gasteiger partial charge in [-0.3, -0.25) is 0 Å². The van der Waals surface area contributed by atoms with Crippen LogP contribution >= 0.6 is 0 Å². The normalized spacial score (nSPS) is 10.4. The molecular weight excluding hydrogens is 286 g/mol. The van der Waals surface area contributed by atoms with E-state index in [1.54, 1.807) is 6.20 Å². The average molecular weight is 305 g/mol. The van der Waals surface area contributed by atoms with Crippen LogP contribution in [0.25, 0.3) is 0 Å². The van der Waals surface area contributed by atoms with Crippen LogP contribution in [0.5, 0.6) is 0 Å². The highest BCUT2D eigenvalue weighted by Gasteiger charge is 2.04. The molecule has 2 aromatic carbocycles. The molecule has 0 unspecified atom stereocenters. The number of nitrogens with zero attached hydrogens (tertiary/aromatic N) is 3. The molecule has 116 valence electrons. The van der Waals surface area contributed by atoms with Crippen LogP contribution in [0.2, 0.25) is 0 Å². The lowest BCUT2D eigenvalue weighted by Gasteiger charge is -2.10. The van der Waals surface area contributed by atoms with Crippen molar-refractivity contribution in [1.29, 1.82) is 0 Å². The van der Waals surface area contributed by atoms with Gasteiger partial charge >= 0.3 is 0 Å². The first-order valence-electron chi connectivity index (χ1n) is 7.48. The van der Waals surface area contributed by atoms with E-state index in [2.05, 4.69) is 57.9 Å². The van der Waals surface area contributed by atoms with Crippen molar-refractivity contribution in [2.45, 2.75) is 20.8 Å². The number of hydrogen-bond acceptors (Lipinski definition) is 5. The largest absolute Gasteiger partial charge is 0.339 e. The summed E-state index contributed by atoms with van der Waals surface area (Å²) in [6.07, 6.45) is 1.61. The highest BCUT2D eigenvalue weighted by atomic mass is 15.3. The van der Waals surface area contributed by atoms with Gasteiger partial charge in [0.05, 0.1) is 6.20 Å². The molecule has 5 heteroatoms. The van der Waals surface area contributed by atoms with Gasteiger partial charge in [-0.05, 0) is 50.1 Å². The Morgan fingerprint density at radius 1 is 0.826 bits per heavy atom. The number of aromatic nitrogens is 3. The number of benzene rings is 2. The maximum Gasteiger partial charge on any atom is 0.249 e. The van der Waals surface area contributed by atoms with Gasteiger partial charge in [0.2, 0.25) is 5.95 Å². The zero-order valence-electron chi connectivity index (χ0n) is 13.5. The molecule has 0 amide bonds. The third-order valence-corrected chi connectivity index (χ3v) is 3.52. The Morgan fingerprint density at radius 3 is 2.35 bits per heavy atom. The molecule has 0 aliphatic carbocycles. The van der Waals surface area contributed by atoms with Gasteiger partial charge in [-0.15, -0.1) is 5.10 Å². The van der Waals surface area contributed by atoms with Crippen LogP contribution in [-0.2, 0) is 0 Å². The highest BCUT2D eigenvalue weighted by Crippen LogP contribution is 2.21. The minimum Gasteiger partial charge on any atom is -0.339 e. The zero-order chi connectivity index (χ0) is 16.2. The van der Waals surface area contributed by atoms with Gasteiger partial charge in [0, 0.05) is 11.4 Å². The Labute approximate surface area is 135 Å². The predicted octanol–water partition coefficient (Wildman–Crippen LogP) is 4.28. The minimum absolute atomic E-state index is 0.468. The third kappa shape index (κ3) is 3.83. The van der Waals surface area contributed by atoms with Gasteiger partial charge < -0.3 is 10.6 Å². The number of aryl methyl sites for hydroxylation is 3. The Kier molecular flexibility index (Phi) is 4.19. The molecule has 3 aromatic rings. The van der Waals surface area contributed by atoms with E-state index in [0.717, 1.165) is 16.9 Å². The van der Waals surface area contributed by atoms with E-state index in [0.29, 0.717) is 11.8 Å². The van der Waals surface area contributed by atoms with Crippen LogP contribution in [0.3, 0.4) is 0 Å². The molecule has 0 bridgehead atoms. The number of anilines is 4. The van der Waals surface area contributed by atoms with Crippen LogP contribution in [0.1, 0.15) is 16.7 Å². The van der Waals surface area contributed by atoms with Crippen molar-refractivity contribution in [3.05, 3.63) is 65.4 Å². The van der Waals surface area contributed by atoms with E-state index < -0.39 is 0 Å². The van der Waals surface area contributed by atoms with Crippen molar-refractivity contribution in [3.8, 4) is 0 Å². The van der Waals surface area contributed by atoms with E-state index >= 15 is 0 Å². The van der Waals surface area contributed by atoms with E-state index in [4.69, 9.17) is 0 Å². The first-order valence-corrected chi connectivity index (χ1v) is 7.48. The van der Waals surface area contributed by atoms with Crippen molar-refractivity contribution in [3.63, 3.8) is 0 Å². The van der Waals surface area contributed by atoms with Crippen LogP contribution in [0, 0.1) is 20.8 Å². The molecule has 1 heterocycles. The summed E-state index contributed by atoms with van der Waals surface area (Å²) in [6.45, 7) is 6.16. The molecule has 0 fully saturated rings. The van der Waals surface area contributed by atoms with E-state index in [9.17, 15) is 0 Å². The second kappa shape index (κ2) is 6.44. The van der Waals surface area contributed by atoms with Gasteiger partial charge in [-0.1, -0.05) is 29.8 Å². The number of rotatable bonds is 4. The van der Waals surface area contributed by atoms with Gasteiger partial charge in [-0.2, -0.15) is 10.1 Å². The van der Waals surface area contributed by atoms with Crippen molar-refractivity contribution < 1.29 is 0 Å². The first kappa shape index (κ1) is 15.0. The molecule has 0 radical (unpaired) electrons. The van der Waals surface area contributed by atoms with Crippen molar-refractivity contribution >= 4 is 23.1 Å². The lowest BCUT2D eigenvalue weighted by atomic mass is 10.1. The lowest BCUT2D eigenvalue weighted by molar-refractivity contribution is 0.981. The summed E-state index contributed by atoms with van der Waals surface area (Å²) in [7, 11) is 0. The van der Waals surface area contributed by atoms with Gasteiger partial charge in [0.25, 0.3) is 0 Å². The fraction of sp³-hybridized carbons (Fsp3) is 0.167. The topological polar surface area (TPSA) is 62.7 Å². The molecule has 0 aliphatic rings. The van der Waals surface area contributed by atoms with Crippen LogP contribution in [-0.4, -0.2) is 15.2 Å². The predicted molar refractivity (Wildman–Crippen MR) is 93.5 cm³/mol. The molecule has 0 atom stereocenters. The fourth-order valence-corrected chi connectivity index (χ4v) is 2.19. The van der Waals surface area contributed by atoms with E-state index in [1.807, 2.05) is 31.2 Å². The van der Waals surface area contributed by atoms with Gasteiger partial charge in [0.15, 0.2) is 5.82 Å². The van der Waals surface area contributed by atoms with Crippen LogP contribution in [0.4, 0.5) is 23.1 Å². The molecule has 2 N–H and O–H groups in total. The Hall–Kier alpha value is -2.95. The average Bonchev–Trinajstić information content (AvgIpc) is 2.54. The van der Waals surface area contributed by atoms with Crippen molar-refractivity contribution in [2.75, 3.05) is 10.6 Å².